The highest BCUT2D eigenvalue weighted by Crippen LogP contribution is 2.71. The van der Waals surface area contributed by atoms with Crippen molar-refractivity contribution in [1.29, 1.82) is 0 Å². The molecule has 7 unspecified atom stereocenters. The Morgan fingerprint density at radius 1 is 1.16 bits per heavy atom. The van der Waals surface area contributed by atoms with Gasteiger partial charge in [0, 0.05) is 51.4 Å². The normalized spacial score (nSPS) is 39.7. The zero-order valence-electron chi connectivity index (χ0n) is 25.4. The first kappa shape index (κ1) is 29.0. The van der Waals surface area contributed by atoms with Crippen LogP contribution in [0.4, 0.5) is 0 Å². The minimum atomic E-state index is -1.56. The number of H-pyrrole nitrogens is 1. The summed E-state index contributed by atoms with van der Waals surface area (Å²) < 4.78 is 23.8. The van der Waals surface area contributed by atoms with Crippen LogP contribution >= 0.6 is 11.6 Å². The summed E-state index contributed by atoms with van der Waals surface area (Å²) in [6, 6.07) is 5.94. The number of aromatic amines is 1. The van der Waals surface area contributed by atoms with Crippen LogP contribution in [0, 0.1) is 11.3 Å². The van der Waals surface area contributed by atoms with Gasteiger partial charge in [-0.3, -0.25) is 9.59 Å². The molecule has 5 aliphatic rings. The molecule has 2 aliphatic heterocycles. The van der Waals surface area contributed by atoms with E-state index in [9.17, 15) is 19.5 Å². The summed E-state index contributed by atoms with van der Waals surface area (Å²) >= 11 is 6.33. The molecule has 1 aromatic carbocycles. The van der Waals surface area contributed by atoms with Gasteiger partial charge in [0.05, 0.1) is 12.2 Å². The number of hydrogen-bond acceptors (Lipinski definition) is 8. The molecule has 2 bridgehead atoms. The molecule has 3 heterocycles. The van der Waals surface area contributed by atoms with Crippen LogP contribution in [0.2, 0.25) is 5.02 Å². The van der Waals surface area contributed by atoms with Gasteiger partial charge in [0.15, 0.2) is 23.3 Å². The average molecular weight is 612 g/mol. The third-order valence-corrected chi connectivity index (χ3v) is 11.8. The number of ether oxygens (including phenoxy) is 4. The molecule has 7 rings (SSSR count). The van der Waals surface area contributed by atoms with E-state index in [2.05, 4.69) is 24.9 Å². The zero-order chi connectivity index (χ0) is 31.0. The summed E-state index contributed by atoms with van der Waals surface area (Å²) in [5, 5.41) is 14.7. The molecule has 230 valence electrons. The first-order valence-electron chi connectivity index (χ1n) is 15.0. The highest BCUT2D eigenvalue weighted by Gasteiger charge is 2.74. The molecule has 2 aromatic rings. The van der Waals surface area contributed by atoms with Crippen LogP contribution < -0.4 is 0 Å². The number of esters is 2. The number of aliphatic hydroxyl groups is 1. The van der Waals surface area contributed by atoms with E-state index in [1.54, 1.807) is 6.92 Å². The maximum atomic E-state index is 13.8. The first-order valence-corrected chi connectivity index (χ1v) is 15.4. The summed E-state index contributed by atoms with van der Waals surface area (Å²) in [6.07, 6.45) is 3.50. The summed E-state index contributed by atoms with van der Waals surface area (Å²) in [4.78, 5) is 42.1. The molecule has 1 saturated heterocycles. The fraction of sp³-hybridized carbons (Fsp3) is 0.606. The molecule has 0 radical (unpaired) electrons. The molecule has 1 aromatic heterocycles. The zero-order valence-corrected chi connectivity index (χ0v) is 26.1. The van der Waals surface area contributed by atoms with Crippen molar-refractivity contribution in [3.63, 3.8) is 0 Å². The molecule has 2 saturated carbocycles. The van der Waals surface area contributed by atoms with Crippen molar-refractivity contribution in [2.24, 2.45) is 11.3 Å². The Labute approximate surface area is 255 Å². The first-order chi connectivity index (χ1) is 20.0. The van der Waals surface area contributed by atoms with Gasteiger partial charge in [-0.25, -0.2) is 4.79 Å². The van der Waals surface area contributed by atoms with Crippen molar-refractivity contribution in [3.8, 4) is 0 Å². The van der Waals surface area contributed by atoms with Crippen LogP contribution in [0.25, 0.3) is 10.9 Å². The lowest BCUT2D eigenvalue weighted by Gasteiger charge is -2.67. The van der Waals surface area contributed by atoms with Crippen molar-refractivity contribution in [2.45, 2.75) is 108 Å². The number of ketones is 1. The number of rotatable bonds is 3. The van der Waals surface area contributed by atoms with Gasteiger partial charge in [-0.1, -0.05) is 31.5 Å². The minimum absolute atomic E-state index is 0.123. The number of fused-ring (bicyclic) bond motifs is 9. The Kier molecular flexibility index (Phi) is 5.88. The quantitative estimate of drug-likeness (QED) is 0.473. The van der Waals surface area contributed by atoms with E-state index in [1.165, 1.54) is 32.4 Å². The van der Waals surface area contributed by atoms with E-state index < -0.39 is 57.2 Å². The fourth-order valence-corrected chi connectivity index (χ4v) is 9.26. The Bertz CT molecular complexity index is 1640. The molecule has 7 atom stereocenters. The topological polar surface area (TPSA) is 124 Å². The third-order valence-electron chi connectivity index (χ3n) is 11.6. The summed E-state index contributed by atoms with van der Waals surface area (Å²) in [5.41, 5.74) is -1.61. The van der Waals surface area contributed by atoms with Gasteiger partial charge in [-0.05, 0) is 76.1 Å². The lowest BCUT2D eigenvalue weighted by Crippen LogP contribution is -2.74. The van der Waals surface area contributed by atoms with E-state index >= 15 is 0 Å². The van der Waals surface area contributed by atoms with Gasteiger partial charge in [0.1, 0.15) is 0 Å². The van der Waals surface area contributed by atoms with Crippen molar-refractivity contribution >= 4 is 40.2 Å². The van der Waals surface area contributed by atoms with Crippen molar-refractivity contribution in [1.82, 2.24) is 4.98 Å². The lowest BCUT2D eigenvalue weighted by atomic mass is 9.42. The fourth-order valence-electron chi connectivity index (χ4n) is 9.09. The van der Waals surface area contributed by atoms with E-state index in [0.29, 0.717) is 35.8 Å². The molecular weight excluding hydrogens is 574 g/mol. The number of halogens is 1. The molecule has 3 fully saturated rings. The van der Waals surface area contributed by atoms with E-state index in [0.717, 1.165) is 29.4 Å². The Morgan fingerprint density at radius 3 is 2.63 bits per heavy atom. The minimum Gasteiger partial charge on any atom is -0.451 e. The predicted octanol–water partition coefficient (Wildman–Crippen LogP) is 4.84. The Morgan fingerprint density at radius 2 is 1.91 bits per heavy atom. The maximum Gasteiger partial charge on any atom is 0.350 e. The second kappa shape index (κ2) is 8.71. The van der Waals surface area contributed by atoms with Crippen LogP contribution in [0.15, 0.2) is 29.8 Å². The van der Waals surface area contributed by atoms with Crippen LogP contribution in [0.5, 0.6) is 0 Å². The van der Waals surface area contributed by atoms with E-state index in [-0.39, 0.29) is 6.61 Å². The van der Waals surface area contributed by atoms with Crippen molar-refractivity contribution < 1.29 is 38.4 Å². The van der Waals surface area contributed by atoms with Crippen LogP contribution in [0.1, 0.15) is 78.5 Å². The highest BCUT2D eigenvalue weighted by atomic mass is 35.5. The number of benzene rings is 1. The summed E-state index contributed by atoms with van der Waals surface area (Å²) in [6.45, 7) is 9.92. The molecule has 9 nitrogen and oxygen atoms in total. The predicted molar refractivity (Wildman–Crippen MR) is 156 cm³/mol. The maximum absolute atomic E-state index is 13.8. The Balaban J connectivity index is 1.26. The number of carbonyl (C=O) groups excluding carboxylic acids is 3. The van der Waals surface area contributed by atoms with Gasteiger partial charge in [0.2, 0.25) is 5.60 Å². The highest BCUT2D eigenvalue weighted by molar-refractivity contribution is 6.31. The van der Waals surface area contributed by atoms with Gasteiger partial charge >= 0.3 is 11.9 Å². The SMILES string of the molecule is CC(=O)OC(C)(C)C(=O)OC1(C)COC23CCC4(C)C(O)(CCC5Cc6c([nH]c7cc(Cl)ccc67)C54C)C2=CC(=O)C1O3. The number of aromatic nitrogens is 1. The van der Waals surface area contributed by atoms with Gasteiger partial charge in [0.25, 0.3) is 0 Å². The number of carbonyl (C=O) groups is 3. The van der Waals surface area contributed by atoms with Crippen LogP contribution in [-0.4, -0.2) is 63.1 Å². The lowest BCUT2D eigenvalue weighted by molar-refractivity contribution is -0.351. The second-order valence-corrected chi connectivity index (χ2v) is 14.7. The summed E-state index contributed by atoms with van der Waals surface area (Å²) in [5.74, 6) is -2.84. The molecule has 43 heavy (non-hydrogen) atoms. The smallest absolute Gasteiger partial charge is 0.350 e. The number of hydrogen-bond donors (Lipinski definition) is 2. The molecular formula is C33H38ClNO8. The molecule has 3 aliphatic carbocycles. The molecule has 1 spiro atoms. The van der Waals surface area contributed by atoms with Gasteiger partial charge < -0.3 is 29.0 Å². The molecule has 0 amide bonds. The van der Waals surface area contributed by atoms with E-state index in [1.807, 2.05) is 12.1 Å². The number of nitrogens with one attached hydrogen (secondary N) is 1. The monoisotopic (exact) mass is 611 g/mol. The molecule has 2 N–H and O–H groups in total. The molecule has 10 heteroatoms. The van der Waals surface area contributed by atoms with Gasteiger partial charge in [-0.2, -0.15) is 0 Å². The van der Waals surface area contributed by atoms with Crippen LogP contribution in [0.3, 0.4) is 0 Å². The average Bonchev–Trinajstić information content (AvgIpc) is 3.42. The largest absolute Gasteiger partial charge is 0.451 e. The van der Waals surface area contributed by atoms with E-state index in [4.69, 9.17) is 30.5 Å². The Hall–Kier alpha value is -2.72. The van der Waals surface area contributed by atoms with Crippen molar-refractivity contribution in [3.05, 3.63) is 46.1 Å². The third kappa shape index (κ3) is 3.59. The van der Waals surface area contributed by atoms with Crippen molar-refractivity contribution in [2.75, 3.05) is 6.61 Å². The van der Waals surface area contributed by atoms with Gasteiger partial charge in [-0.15, -0.1) is 0 Å². The van der Waals surface area contributed by atoms with Crippen LogP contribution in [-0.2, 0) is 45.2 Å². The second-order valence-electron chi connectivity index (χ2n) is 14.3. The standard InChI is InChI=1S/C33H38ClNO8/c1-17(36)41-28(2,3)27(38)43-29(4)16-40-33-12-11-30(5)31(6)18(9-10-32(30,39)24(33)15-23(37)26(29)42-33)13-21-20-8-7-19(34)14-22(20)35-25(21)31/h7-8,14-15,18,26,35,39H,9-13,16H2,1-6H3. The summed E-state index contributed by atoms with van der Waals surface area (Å²) in [7, 11) is 0.